The molecule has 1 aliphatic rings. The van der Waals surface area contributed by atoms with Crippen molar-refractivity contribution in [1.29, 1.82) is 0 Å². The van der Waals surface area contributed by atoms with E-state index in [-0.39, 0.29) is 0 Å². The van der Waals surface area contributed by atoms with Crippen molar-refractivity contribution in [3.05, 3.63) is 49.0 Å². The van der Waals surface area contributed by atoms with Crippen LogP contribution in [0.2, 0.25) is 0 Å². The molecule has 0 saturated carbocycles. The highest BCUT2D eigenvalue weighted by Crippen LogP contribution is 2.21. The second-order valence-electron chi connectivity index (χ2n) is 4.26. The maximum atomic E-state index is 4.22. The number of aliphatic imine (C=N–C) groups is 1. The van der Waals surface area contributed by atoms with Crippen LogP contribution in [-0.2, 0) is 0 Å². The van der Waals surface area contributed by atoms with Gasteiger partial charge in [0.15, 0.2) is 0 Å². The Hall–Kier alpha value is -1.77. The largest absolute Gasteiger partial charge is 0.375 e. The molecule has 1 saturated heterocycles. The lowest BCUT2D eigenvalue weighted by molar-refractivity contribution is 0.345. The third kappa shape index (κ3) is 3.91. The van der Waals surface area contributed by atoms with Crippen LogP contribution in [0.25, 0.3) is 0 Å². The Morgan fingerprint density at radius 1 is 1.39 bits per heavy atom. The second-order valence-corrected chi connectivity index (χ2v) is 4.26. The van der Waals surface area contributed by atoms with Crippen molar-refractivity contribution in [2.75, 3.05) is 13.6 Å². The lowest BCUT2D eigenvalue weighted by Crippen LogP contribution is -2.32. The van der Waals surface area contributed by atoms with Gasteiger partial charge in [-0.3, -0.25) is 4.99 Å². The van der Waals surface area contributed by atoms with Crippen molar-refractivity contribution in [1.82, 2.24) is 10.2 Å². The molecule has 1 N–H and O–H groups in total. The highest BCUT2D eigenvalue weighted by atomic mass is 15.3. The zero-order valence-corrected chi connectivity index (χ0v) is 11.4. The van der Waals surface area contributed by atoms with Crippen molar-refractivity contribution in [3.63, 3.8) is 0 Å². The number of allylic oxidation sites excluding steroid dienone is 4. The SMILES string of the molecule is C=CC=N/C(C)=C/C=C(\NC)N1CCC[C@@H]1C=C. The minimum atomic E-state index is 0.439. The molecule has 98 valence electrons. The second kappa shape index (κ2) is 7.54. The number of hydrogen-bond donors (Lipinski definition) is 1. The number of hydrogen-bond acceptors (Lipinski definition) is 3. The fraction of sp³-hybridized carbons (Fsp3) is 0.400. The van der Waals surface area contributed by atoms with E-state index in [2.05, 4.69) is 34.4 Å². The van der Waals surface area contributed by atoms with E-state index in [4.69, 9.17) is 0 Å². The van der Waals surface area contributed by atoms with E-state index in [9.17, 15) is 0 Å². The zero-order valence-electron chi connectivity index (χ0n) is 11.4. The Balaban J connectivity index is 2.79. The topological polar surface area (TPSA) is 27.6 Å². The van der Waals surface area contributed by atoms with Gasteiger partial charge in [-0.15, -0.1) is 6.58 Å². The van der Waals surface area contributed by atoms with Gasteiger partial charge in [0.05, 0.1) is 0 Å². The van der Waals surface area contributed by atoms with Crippen molar-refractivity contribution in [3.8, 4) is 0 Å². The first-order valence-electron chi connectivity index (χ1n) is 6.33. The van der Waals surface area contributed by atoms with Crippen molar-refractivity contribution in [2.45, 2.75) is 25.8 Å². The van der Waals surface area contributed by atoms with Gasteiger partial charge >= 0.3 is 0 Å². The standard InChI is InChI=1S/C15H23N3/c1-5-11-17-13(3)9-10-15(16-4)18-12-7-8-14(18)6-2/h5-6,9-11,14,16H,1-2,7-8,12H2,3-4H3/b13-9+,15-10+,17-11?/t14-/m0/s1. The van der Waals surface area contributed by atoms with Crippen LogP contribution in [0.15, 0.2) is 54.0 Å². The molecule has 0 spiro atoms. The molecule has 18 heavy (non-hydrogen) atoms. The van der Waals surface area contributed by atoms with Gasteiger partial charge in [0.1, 0.15) is 5.82 Å². The van der Waals surface area contributed by atoms with Crippen molar-refractivity contribution < 1.29 is 0 Å². The smallest absolute Gasteiger partial charge is 0.102 e. The van der Waals surface area contributed by atoms with Crippen LogP contribution < -0.4 is 5.32 Å². The molecule has 0 bridgehead atoms. The average molecular weight is 245 g/mol. The maximum Gasteiger partial charge on any atom is 0.102 e. The summed E-state index contributed by atoms with van der Waals surface area (Å²) in [6.45, 7) is 10.5. The molecular formula is C15H23N3. The van der Waals surface area contributed by atoms with Crippen LogP contribution in [0, 0.1) is 0 Å². The highest BCUT2D eigenvalue weighted by Gasteiger charge is 2.22. The van der Waals surface area contributed by atoms with Gasteiger partial charge in [0.2, 0.25) is 0 Å². The minimum Gasteiger partial charge on any atom is -0.375 e. The molecular weight excluding hydrogens is 222 g/mol. The summed E-state index contributed by atoms with van der Waals surface area (Å²) in [4.78, 5) is 6.56. The average Bonchev–Trinajstić information content (AvgIpc) is 2.85. The Bertz CT molecular complexity index is 377. The predicted octanol–water partition coefficient (Wildman–Crippen LogP) is 2.86. The van der Waals surface area contributed by atoms with E-state index in [1.54, 1.807) is 12.3 Å². The number of likely N-dealkylation sites (tertiary alicyclic amines) is 1. The lowest BCUT2D eigenvalue weighted by atomic mass is 10.2. The first kappa shape index (κ1) is 14.3. The molecule has 0 amide bonds. The Morgan fingerprint density at radius 2 is 2.17 bits per heavy atom. The van der Waals surface area contributed by atoms with Crippen LogP contribution in [0.3, 0.4) is 0 Å². The van der Waals surface area contributed by atoms with E-state index in [0.29, 0.717) is 6.04 Å². The van der Waals surface area contributed by atoms with E-state index in [1.807, 2.05) is 26.1 Å². The normalized spacial score (nSPS) is 21.4. The molecule has 0 aromatic rings. The van der Waals surface area contributed by atoms with Gasteiger partial charge in [-0.2, -0.15) is 0 Å². The van der Waals surface area contributed by atoms with Crippen LogP contribution in [-0.4, -0.2) is 30.7 Å². The van der Waals surface area contributed by atoms with Gasteiger partial charge in [0, 0.05) is 31.5 Å². The van der Waals surface area contributed by atoms with Gasteiger partial charge < -0.3 is 10.2 Å². The molecule has 1 heterocycles. The van der Waals surface area contributed by atoms with Crippen LogP contribution >= 0.6 is 0 Å². The monoisotopic (exact) mass is 245 g/mol. The molecule has 3 nitrogen and oxygen atoms in total. The van der Waals surface area contributed by atoms with E-state index < -0.39 is 0 Å². The fourth-order valence-electron chi connectivity index (χ4n) is 2.07. The van der Waals surface area contributed by atoms with Gasteiger partial charge in [0.25, 0.3) is 0 Å². The summed E-state index contributed by atoms with van der Waals surface area (Å²) in [5, 5.41) is 3.24. The number of rotatable bonds is 6. The molecule has 0 unspecified atom stereocenters. The molecule has 0 aliphatic carbocycles. The first-order valence-corrected chi connectivity index (χ1v) is 6.33. The molecule has 0 radical (unpaired) electrons. The summed E-state index contributed by atoms with van der Waals surface area (Å²) >= 11 is 0. The Morgan fingerprint density at radius 3 is 2.78 bits per heavy atom. The fourth-order valence-corrected chi connectivity index (χ4v) is 2.07. The molecule has 1 rings (SSSR count). The van der Waals surface area contributed by atoms with Crippen molar-refractivity contribution in [2.24, 2.45) is 4.99 Å². The number of nitrogens with zero attached hydrogens (tertiary/aromatic N) is 2. The van der Waals surface area contributed by atoms with Gasteiger partial charge in [-0.25, -0.2) is 0 Å². The summed E-state index contributed by atoms with van der Waals surface area (Å²) in [6.07, 6.45) is 11.9. The summed E-state index contributed by atoms with van der Waals surface area (Å²) in [7, 11) is 1.94. The summed E-state index contributed by atoms with van der Waals surface area (Å²) in [6, 6.07) is 0.439. The van der Waals surface area contributed by atoms with Gasteiger partial charge in [-0.05, 0) is 31.9 Å². The maximum absolute atomic E-state index is 4.22. The van der Waals surface area contributed by atoms with Crippen LogP contribution in [0.1, 0.15) is 19.8 Å². The Kier molecular flexibility index (Phi) is 5.98. The van der Waals surface area contributed by atoms with E-state index >= 15 is 0 Å². The third-order valence-electron chi connectivity index (χ3n) is 3.00. The molecule has 1 fully saturated rings. The van der Waals surface area contributed by atoms with Gasteiger partial charge in [-0.1, -0.05) is 18.7 Å². The summed E-state index contributed by atoms with van der Waals surface area (Å²) in [5.74, 6) is 1.12. The van der Waals surface area contributed by atoms with Crippen LogP contribution in [0.4, 0.5) is 0 Å². The first-order chi connectivity index (χ1) is 8.72. The lowest BCUT2D eigenvalue weighted by Gasteiger charge is -2.26. The van der Waals surface area contributed by atoms with E-state index in [1.165, 1.54) is 12.8 Å². The molecule has 3 heteroatoms. The molecule has 0 aromatic carbocycles. The quantitative estimate of drug-likeness (QED) is 0.443. The third-order valence-corrected chi connectivity index (χ3v) is 3.00. The molecule has 1 aliphatic heterocycles. The zero-order chi connectivity index (χ0) is 13.4. The number of nitrogens with one attached hydrogen (secondary N) is 1. The highest BCUT2D eigenvalue weighted by molar-refractivity contribution is 5.71. The Labute approximate surface area is 110 Å². The predicted molar refractivity (Wildman–Crippen MR) is 79.5 cm³/mol. The van der Waals surface area contributed by atoms with Crippen LogP contribution in [0.5, 0.6) is 0 Å². The van der Waals surface area contributed by atoms with Crippen molar-refractivity contribution >= 4 is 6.21 Å². The summed E-state index contributed by atoms with van der Waals surface area (Å²) in [5.41, 5.74) is 0.956. The summed E-state index contributed by atoms with van der Waals surface area (Å²) < 4.78 is 0. The minimum absolute atomic E-state index is 0.439. The van der Waals surface area contributed by atoms with E-state index in [0.717, 1.165) is 18.1 Å². The molecule has 0 aromatic heterocycles. The molecule has 1 atom stereocenters.